The van der Waals surface area contributed by atoms with Gasteiger partial charge in [-0.1, -0.05) is 62.4 Å². The highest BCUT2D eigenvalue weighted by Gasteiger charge is 2.43. The maximum Gasteiger partial charge on any atom is 0.209 e. The van der Waals surface area contributed by atoms with E-state index in [1.807, 2.05) is 0 Å². The quantitative estimate of drug-likeness (QED) is 0.313. The topological polar surface area (TPSA) is 6.25 Å². The average molecular weight is 510 g/mol. The zero-order valence-corrected chi connectivity index (χ0v) is 24.2. The van der Waals surface area contributed by atoms with Gasteiger partial charge in [-0.25, -0.2) is 0 Å². The number of para-hydroxylation sites is 2. The summed E-state index contributed by atoms with van der Waals surface area (Å²) in [5, 5.41) is 0. The number of fused-ring (bicyclic) bond motifs is 2. The van der Waals surface area contributed by atoms with E-state index in [1.165, 1.54) is 45.1 Å². The molecule has 0 spiro atoms. The molecule has 2 aliphatic heterocycles. The minimum Gasteiger partial charge on any atom is -0.344 e. The Labute approximate surface area is 229 Å². The number of hydrogen-bond donors (Lipinski definition) is 1. The van der Waals surface area contributed by atoms with Crippen molar-refractivity contribution >= 4 is 29.7 Å². The Hall–Kier alpha value is -2.78. The normalized spacial score (nSPS) is 22.5. The molecule has 0 amide bonds. The Morgan fingerprint density at radius 1 is 0.865 bits per heavy atom. The summed E-state index contributed by atoms with van der Waals surface area (Å²) in [5.74, 6) is 0. The number of hydrogen-bond acceptors (Lipinski definition) is 2. The highest BCUT2D eigenvalue weighted by molar-refractivity contribution is 7.84. The lowest BCUT2D eigenvalue weighted by atomic mass is 9.81. The molecule has 0 fully saturated rings. The Bertz CT molecular complexity index is 1380. The van der Waals surface area contributed by atoms with Crippen LogP contribution in [0.1, 0.15) is 71.9 Å². The molecule has 0 saturated heterocycles. The van der Waals surface area contributed by atoms with E-state index < -0.39 is 0 Å². The third-order valence-electron chi connectivity index (χ3n) is 8.62. The first-order chi connectivity index (χ1) is 17.7. The summed E-state index contributed by atoms with van der Waals surface area (Å²) in [6.07, 6.45) is 12.7. The van der Waals surface area contributed by atoms with Gasteiger partial charge in [-0.2, -0.15) is 4.58 Å². The van der Waals surface area contributed by atoms with Crippen molar-refractivity contribution in [2.75, 3.05) is 18.0 Å². The maximum absolute atomic E-state index is 5.08. The van der Waals surface area contributed by atoms with E-state index in [2.05, 4.69) is 124 Å². The van der Waals surface area contributed by atoms with Gasteiger partial charge >= 0.3 is 0 Å². The van der Waals surface area contributed by atoms with Crippen molar-refractivity contribution in [1.82, 2.24) is 0 Å². The average Bonchev–Trinajstić information content (AvgIpc) is 3.25. The second kappa shape index (κ2) is 9.83. The zero-order valence-electron chi connectivity index (χ0n) is 23.3. The molecule has 0 aromatic heterocycles. The highest BCUT2D eigenvalue weighted by Crippen LogP contribution is 2.47. The van der Waals surface area contributed by atoms with E-state index in [-0.39, 0.29) is 10.8 Å². The fourth-order valence-electron chi connectivity index (χ4n) is 6.56. The maximum atomic E-state index is 5.08. The predicted octanol–water partition coefficient (Wildman–Crippen LogP) is 8.63. The Morgan fingerprint density at radius 3 is 2.30 bits per heavy atom. The molecule has 3 aliphatic rings. The van der Waals surface area contributed by atoms with Crippen molar-refractivity contribution in [3.63, 3.8) is 0 Å². The molecule has 0 radical (unpaired) electrons. The lowest BCUT2D eigenvalue weighted by molar-refractivity contribution is -0.433. The van der Waals surface area contributed by atoms with Crippen LogP contribution in [0.25, 0.3) is 0 Å². The van der Waals surface area contributed by atoms with Crippen molar-refractivity contribution in [1.29, 1.82) is 0 Å². The van der Waals surface area contributed by atoms with Crippen LogP contribution in [-0.4, -0.2) is 23.4 Å². The summed E-state index contributed by atoms with van der Waals surface area (Å²) >= 11 is 5.08. The molecule has 2 heterocycles. The van der Waals surface area contributed by atoms with E-state index in [1.54, 1.807) is 0 Å². The molecule has 0 bridgehead atoms. The first-order valence-electron chi connectivity index (χ1n) is 13.8. The molecular formula is C34H41N2S+. The highest BCUT2D eigenvalue weighted by atomic mass is 32.1. The first kappa shape index (κ1) is 25.9. The molecule has 0 atom stereocenters. The van der Waals surface area contributed by atoms with Gasteiger partial charge in [-0.15, -0.1) is 12.6 Å². The van der Waals surface area contributed by atoms with Crippen LogP contribution >= 0.6 is 12.6 Å². The van der Waals surface area contributed by atoms with E-state index in [9.17, 15) is 0 Å². The number of likely N-dealkylation sites (N-methyl/N-ethyl adjacent to an activating group) is 1. The minimum absolute atomic E-state index is 0.00908. The Balaban J connectivity index is 1.48. The molecule has 5 rings (SSSR count). The summed E-state index contributed by atoms with van der Waals surface area (Å²) in [6.45, 7) is 15.8. The number of benzene rings is 2. The largest absolute Gasteiger partial charge is 0.344 e. The zero-order chi connectivity index (χ0) is 26.4. The molecular weight excluding hydrogens is 468 g/mol. The lowest BCUT2D eigenvalue weighted by Gasteiger charge is -2.26. The van der Waals surface area contributed by atoms with Crippen molar-refractivity contribution in [2.24, 2.45) is 0 Å². The van der Waals surface area contributed by atoms with Gasteiger partial charge in [0.2, 0.25) is 5.69 Å². The van der Waals surface area contributed by atoms with Gasteiger partial charge < -0.3 is 4.90 Å². The van der Waals surface area contributed by atoms with E-state index >= 15 is 0 Å². The second-order valence-electron chi connectivity index (χ2n) is 11.5. The molecule has 0 saturated carbocycles. The molecule has 0 N–H and O–H groups in total. The lowest BCUT2D eigenvalue weighted by Crippen LogP contribution is -2.27. The number of thiol groups is 1. The Morgan fingerprint density at radius 2 is 1.57 bits per heavy atom. The third kappa shape index (κ3) is 4.26. The summed E-state index contributed by atoms with van der Waals surface area (Å²) in [6, 6.07) is 17.7. The van der Waals surface area contributed by atoms with Gasteiger partial charge in [-0.3, -0.25) is 0 Å². The molecule has 1 aliphatic carbocycles. The van der Waals surface area contributed by atoms with Crippen LogP contribution in [0.3, 0.4) is 0 Å². The van der Waals surface area contributed by atoms with Crippen LogP contribution in [-0.2, 0) is 10.8 Å². The van der Waals surface area contributed by atoms with Gasteiger partial charge in [0.1, 0.15) is 6.54 Å². The SMILES string of the molecule is CCN1C(=CC=C2CCCC(C=CC3=[N+](CC)c4ccccc4C3(C)C)=C2S)C(C)(C)c2ccccc21. The standard InChI is InChI=1S/C34H40N2S/c1-7-35-28-18-11-9-16-26(28)33(3,4)30(35)22-20-24-14-13-15-25(32(24)37)21-23-31-34(5,6)27-17-10-12-19-29(27)36(31)8-2/h9-12,16-23H,7-8,13-15H2,1-6H3/p+1. The fourth-order valence-corrected chi connectivity index (χ4v) is 6.93. The number of anilines is 1. The van der Waals surface area contributed by atoms with Crippen LogP contribution in [0.4, 0.5) is 11.4 Å². The summed E-state index contributed by atoms with van der Waals surface area (Å²) in [4.78, 5) is 3.61. The van der Waals surface area contributed by atoms with Crippen LogP contribution < -0.4 is 4.90 Å². The fraction of sp³-hybridized carbons (Fsp3) is 0.382. The smallest absolute Gasteiger partial charge is 0.209 e. The van der Waals surface area contributed by atoms with Crippen molar-refractivity contribution < 1.29 is 4.58 Å². The van der Waals surface area contributed by atoms with Crippen molar-refractivity contribution in [3.8, 4) is 0 Å². The van der Waals surface area contributed by atoms with E-state index in [0.717, 1.165) is 37.3 Å². The third-order valence-corrected chi connectivity index (χ3v) is 9.19. The van der Waals surface area contributed by atoms with Crippen LogP contribution in [0.2, 0.25) is 0 Å². The molecule has 2 aromatic carbocycles. The van der Waals surface area contributed by atoms with Crippen molar-refractivity contribution in [3.05, 3.63) is 106 Å². The molecule has 192 valence electrons. The molecule has 2 aromatic rings. The number of nitrogens with zero attached hydrogens (tertiary/aromatic N) is 2. The molecule has 0 unspecified atom stereocenters. The summed E-state index contributed by atoms with van der Waals surface area (Å²) in [5.41, 5.74) is 10.9. The van der Waals surface area contributed by atoms with E-state index in [0.29, 0.717) is 0 Å². The van der Waals surface area contributed by atoms with Gasteiger partial charge in [0.05, 0.1) is 5.41 Å². The number of rotatable bonds is 5. The molecule has 2 nitrogen and oxygen atoms in total. The van der Waals surface area contributed by atoms with Crippen LogP contribution in [0.5, 0.6) is 0 Å². The number of allylic oxidation sites excluding steroid dienone is 7. The second-order valence-corrected chi connectivity index (χ2v) is 11.9. The van der Waals surface area contributed by atoms with Gasteiger partial charge in [0, 0.05) is 46.0 Å². The molecule has 3 heteroatoms. The predicted molar refractivity (Wildman–Crippen MR) is 163 cm³/mol. The van der Waals surface area contributed by atoms with Crippen LogP contribution in [0.15, 0.2) is 94.6 Å². The summed E-state index contributed by atoms with van der Waals surface area (Å²) < 4.78 is 2.47. The minimum atomic E-state index is -0.00908. The molecule has 37 heavy (non-hydrogen) atoms. The monoisotopic (exact) mass is 509 g/mol. The van der Waals surface area contributed by atoms with Gasteiger partial charge in [0.15, 0.2) is 5.71 Å². The van der Waals surface area contributed by atoms with Crippen LogP contribution in [0, 0.1) is 0 Å². The van der Waals surface area contributed by atoms with Gasteiger partial charge in [0.25, 0.3) is 0 Å². The summed E-state index contributed by atoms with van der Waals surface area (Å²) in [7, 11) is 0. The van der Waals surface area contributed by atoms with Crippen molar-refractivity contribution in [2.45, 2.75) is 71.6 Å². The first-order valence-corrected chi connectivity index (χ1v) is 14.3. The Kier molecular flexibility index (Phi) is 6.87. The van der Waals surface area contributed by atoms with E-state index in [4.69, 9.17) is 12.6 Å². The van der Waals surface area contributed by atoms with Gasteiger partial charge in [-0.05, 0) is 75.8 Å².